The van der Waals surface area contributed by atoms with Crippen LogP contribution in [0.3, 0.4) is 0 Å². The van der Waals surface area contributed by atoms with E-state index in [1.807, 2.05) is 0 Å². The normalized spacial score (nSPS) is 11.4. The lowest BCUT2D eigenvalue weighted by Gasteiger charge is -2.10. The number of hydrogen-bond acceptors (Lipinski definition) is 3. The van der Waals surface area contributed by atoms with Crippen LogP contribution >= 0.6 is 0 Å². The van der Waals surface area contributed by atoms with Gasteiger partial charge in [-0.15, -0.1) is 5.10 Å². The van der Waals surface area contributed by atoms with E-state index in [2.05, 4.69) is 15.6 Å². The molecule has 1 N–H and O–H groups in total. The molecule has 0 bridgehead atoms. The topological polar surface area (TPSA) is 59.8 Å². The van der Waals surface area contributed by atoms with Crippen molar-refractivity contribution in [2.75, 3.05) is 6.54 Å². The van der Waals surface area contributed by atoms with Crippen molar-refractivity contribution >= 4 is 5.91 Å². The molecule has 112 valence electrons. The fourth-order valence-electron chi connectivity index (χ4n) is 1.62. The Bertz CT molecular complexity index is 625. The van der Waals surface area contributed by atoms with Gasteiger partial charge in [-0.1, -0.05) is 5.21 Å². The lowest BCUT2D eigenvalue weighted by atomic mass is 10.1. The fraction of sp³-hybridized carbons (Fsp3) is 0.250. The molecular weight excluding hydrogens is 292 g/mol. The number of benzene rings is 1. The van der Waals surface area contributed by atoms with Gasteiger partial charge >= 0.3 is 6.18 Å². The Balaban J connectivity index is 2.02. The molecule has 0 saturated heterocycles. The molecule has 0 unspecified atom stereocenters. The molecule has 1 aromatic heterocycles. The highest BCUT2D eigenvalue weighted by atomic mass is 19.4. The van der Waals surface area contributed by atoms with Crippen LogP contribution in [-0.4, -0.2) is 27.4 Å². The van der Waals surface area contributed by atoms with Gasteiger partial charge in [-0.3, -0.25) is 9.48 Å². The lowest BCUT2D eigenvalue weighted by molar-refractivity contribution is -0.140. The summed E-state index contributed by atoms with van der Waals surface area (Å²) in [6.07, 6.45) is -1.82. The van der Waals surface area contributed by atoms with Crippen LogP contribution in [0.2, 0.25) is 0 Å². The monoisotopic (exact) mass is 302 g/mol. The first-order chi connectivity index (χ1) is 9.88. The Morgan fingerprint density at radius 2 is 2.10 bits per heavy atom. The van der Waals surface area contributed by atoms with E-state index in [4.69, 9.17) is 0 Å². The summed E-state index contributed by atoms with van der Waals surface area (Å²) in [7, 11) is 0. The maximum atomic E-state index is 13.1. The first kappa shape index (κ1) is 14.9. The van der Waals surface area contributed by atoms with Gasteiger partial charge in [0.25, 0.3) is 5.91 Å². The fourth-order valence-corrected chi connectivity index (χ4v) is 1.62. The summed E-state index contributed by atoms with van der Waals surface area (Å²) in [5.41, 5.74) is -1.73. The molecule has 1 heterocycles. The number of aromatic nitrogens is 3. The maximum Gasteiger partial charge on any atom is 0.419 e. The number of nitrogens with one attached hydrogen (secondary N) is 1. The molecule has 0 fully saturated rings. The molecule has 2 rings (SSSR count). The third-order valence-corrected chi connectivity index (χ3v) is 2.63. The molecule has 0 saturated carbocycles. The minimum atomic E-state index is -4.85. The molecule has 0 aliphatic heterocycles. The van der Waals surface area contributed by atoms with Crippen LogP contribution in [0.15, 0.2) is 30.6 Å². The number of nitrogens with zero attached hydrogens (tertiary/aromatic N) is 3. The Labute approximate surface area is 116 Å². The highest BCUT2D eigenvalue weighted by Gasteiger charge is 2.34. The van der Waals surface area contributed by atoms with Crippen LogP contribution in [-0.2, 0) is 12.7 Å². The van der Waals surface area contributed by atoms with E-state index in [1.165, 1.54) is 10.9 Å². The predicted octanol–water partition coefficient (Wildman–Crippen LogP) is 1.87. The zero-order valence-corrected chi connectivity index (χ0v) is 10.6. The second-order valence-corrected chi connectivity index (χ2v) is 4.11. The molecule has 0 spiro atoms. The number of alkyl halides is 3. The van der Waals surface area contributed by atoms with E-state index in [9.17, 15) is 22.4 Å². The third kappa shape index (κ3) is 3.77. The first-order valence-corrected chi connectivity index (χ1v) is 5.87. The summed E-state index contributed by atoms with van der Waals surface area (Å²) in [5, 5.41) is 9.64. The minimum Gasteiger partial charge on any atom is -0.350 e. The number of halogens is 4. The van der Waals surface area contributed by atoms with E-state index in [1.54, 1.807) is 6.20 Å². The molecule has 1 aromatic carbocycles. The highest BCUT2D eigenvalue weighted by Crippen LogP contribution is 2.31. The first-order valence-electron chi connectivity index (χ1n) is 5.87. The summed E-state index contributed by atoms with van der Waals surface area (Å²) >= 11 is 0. The van der Waals surface area contributed by atoms with E-state index in [0.717, 1.165) is 6.07 Å². The molecule has 5 nitrogen and oxygen atoms in total. The van der Waals surface area contributed by atoms with Gasteiger partial charge in [-0.2, -0.15) is 13.2 Å². The quantitative estimate of drug-likeness (QED) is 0.877. The van der Waals surface area contributed by atoms with Crippen molar-refractivity contribution in [3.8, 4) is 0 Å². The molecule has 0 aliphatic carbocycles. The van der Waals surface area contributed by atoms with Crippen LogP contribution in [0.5, 0.6) is 0 Å². The SMILES string of the molecule is O=C(NCCn1ccnn1)c1ccc(F)c(C(F)(F)F)c1. The number of hydrogen-bond donors (Lipinski definition) is 1. The van der Waals surface area contributed by atoms with Crippen LogP contribution in [0.25, 0.3) is 0 Å². The zero-order chi connectivity index (χ0) is 15.5. The van der Waals surface area contributed by atoms with Gasteiger partial charge in [0.1, 0.15) is 5.82 Å². The van der Waals surface area contributed by atoms with Crippen molar-refractivity contribution in [3.63, 3.8) is 0 Å². The summed E-state index contributed by atoms with van der Waals surface area (Å²) in [4.78, 5) is 11.7. The molecule has 2 aromatic rings. The zero-order valence-electron chi connectivity index (χ0n) is 10.6. The van der Waals surface area contributed by atoms with Gasteiger partial charge in [-0.05, 0) is 18.2 Å². The van der Waals surface area contributed by atoms with Crippen molar-refractivity contribution in [3.05, 3.63) is 47.5 Å². The Kier molecular flexibility index (Phi) is 4.20. The van der Waals surface area contributed by atoms with E-state index < -0.39 is 23.5 Å². The van der Waals surface area contributed by atoms with Crippen LogP contribution < -0.4 is 5.32 Å². The highest BCUT2D eigenvalue weighted by molar-refractivity contribution is 5.94. The largest absolute Gasteiger partial charge is 0.419 e. The standard InChI is InChI=1S/C12H10F4N4O/c13-10-2-1-8(7-9(10)12(14,15)16)11(21)17-3-5-20-6-4-18-19-20/h1-2,4,6-7H,3,5H2,(H,17,21). The van der Waals surface area contributed by atoms with Crippen LogP contribution in [0.1, 0.15) is 15.9 Å². The Morgan fingerprint density at radius 1 is 1.33 bits per heavy atom. The number of rotatable bonds is 4. The van der Waals surface area contributed by atoms with Gasteiger partial charge in [0.05, 0.1) is 18.3 Å². The number of amides is 1. The molecule has 0 radical (unpaired) electrons. The molecule has 21 heavy (non-hydrogen) atoms. The minimum absolute atomic E-state index is 0.154. The second kappa shape index (κ2) is 5.90. The molecule has 0 aliphatic rings. The molecule has 9 heteroatoms. The van der Waals surface area contributed by atoms with Gasteiger partial charge in [-0.25, -0.2) is 4.39 Å². The average Bonchev–Trinajstić information content (AvgIpc) is 2.91. The van der Waals surface area contributed by atoms with Crippen molar-refractivity contribution in [2.24, 2.45) is 0 Å². The van der Waals surface area contributed by atoms with E-state index >= 15 is 0 Å². The Hall–Kier alpha value is -2.45. The van der Waals surface area contributed by atoms with Crippen molar-refractivity contribution < 1.29 is 22.4 Å². The maximum absolute atomic E-state index is 13.1. The third-order valence-electron chi connectivity index (χ3n) is 2.63. The lowest BCUT2D eigenvalue weighted by Crippen LogP contribution is -2.27. The van der Waals surface area contributed by atoms with Crippen LogP contribution in [0, 0.1) is 5.82 Å². The van der Waals surface area contributed by atoms with Gasteiger partial charge in [0, 0.05) is 18.3 Å². The predicted molar refractivity (Wildman–Crippen MR) is 63.8 cm³/mol. The summed E-state index contributed by atoms with van der Waals surface area (Å²) < 4.78 is 52.2. The summed E-state index contributed by atoms with van der Waals surface area (Å²) in [6, 6.07) is 2.10. The van der Waals surface area contributed by atoms with Crippen LogP contribution in [0.4, 0.5) is 17.6 Å². The van der Waals surface area contributed by atoms with Crippen molar-refractivity contribution in [1.82, 2.24) is 20.3 Å². The van der Waals surface area contributed by atoms with Gasteiger partial charge in [0.15, 0.2) is 0 Å². The second-order valence-electron chi connectivity index (χ2n) is 4.11. The average molecular weight is 302 g/mol. The van der Waals surface area contributed by atoms with Crippen molar-refractivity contribution in [2.45, 2.75) is 12.7 Å². The summed E-state index contributed by atoms with van der Waals surface area (Å²) in [5.74, 6) is -2.14. The number of carbonyl (C=O) groups is 1. The van der Waals surface area contributed by atoms with Crippen molar-refractivity contribution in [1.29, 1.82) is 0 Å². The Morgan fingerprint density at radius 3 is 2.71 bits per heavy atom. The molecule has 1 amide bonds. The summed E-state index contributed by atoms with van der Waals surface area (Å²) in [6.45, 7) is 0.472. The van der Waals surface area contributed by atoms with Gasteiger partial charge in [0.2, 0.25) is 0 Å². The van der Waals surface area contributed by atoms with E-state index in [-0.39, 0.29) is 12.1 Å². The van der Waals surface area contributed by atoms with E-state index in [0.29, 0.717) is 18.7 Å². The molecule has 0 atom stereocenters. The smallest absolute Gasteiger partial charge is 0.350 e. The molecular formula is C12H10F4N4O. The van der Waals surface area contributed by atoms with Gasteiger partial charge < -0.3 is 5.32 Å². The number of carbonyl (C=O) groups excluding carboxylic acids is 1.